The minimum absolute atomic E-state index is 0.215. The van der Waals surface area contributed by atoms with Crippen molar-refractivity contribution in [2.45, 2.75) is 4.90 Å². The van der Waals surface area contributed by atoms with Gasteiger partial charge in [-0.3, -0.25) is 4.55 Å². The molecule has 0 aliphatic heterocycles. The quantitative estimate of drug-likeness (QED) is 0.850. The fraction of sp³-hybridized carbons (Fsp3) is 0.0909. The maximum atomic E-state index is 11.2. The van der Waals surface area contributed by atoms with Crippen LogP contribution in [0.5, 0.6) is 5.75 Å². The first kappa shape index (κ1) is 11.7. The Morgan fingerprint density at radius 2 is 2.06 bits per heavy atom. The molecule has 0 unspecified atom stereocenters. The first-order valence-corrected chi connectivity index (χ1v) is 6.16. The second-order valence-corrected chi connectivity index (χ2v) is 4.70. The van der Waals surface area contributed by atoms with Gasteiger partial charge in [0.2, 0.25) is 0 Å². The second kappa shape index (κ2) is 4.23. The third-order valence-corrected chi connectivity index (χ3v) is 3.16. The number of hydrogen-bond donors (Lipinski definition) is 1. The summed E-state index contributed by atoms with van der Waals surface area (Å²) in [5, 5.41) is 0. The number of furan rings is 1. The first-order chi connectivity index (χ1) is 8.02. The van der Waals surface area contributed by atoms with Crippen LogP contribution in [-0.4, -0.2) is 20.1 Å². The highest BCUT2D eigenvalue weighted by atomic mass is 32.2. The van der Waals surface area contributed by atoms with Crippen molar-refractivity contribution in [3.8, 4) is 17.1 Å². The predicted octanol–water partition coefficient (Wildman–Crippen LogP) is 2.20. The minimum Gasteiger partial charge on any atom is -0.497 e. The van der Waals surface area contributed by atoms with Gasteiger partial charge in [-0.15, -0.1) is 0 Å². The van der Waals surface area contributed by atoms with Gasteiger partial charge in [-0.1, -0.05) is 0 Å². The molecule has 2 rings (SSSR count). The maximum absolute atomic E-state index is 11.2. The van der Waals surface area contributed by atoms with Crippen molar-refractivity contribution in [1.29, 1.82) is 0 Å². The lowest BCUT2D eigenvalue weighted by atomic mass is 10.1. The van der Waals surface area contributed by atoms with Gasteiger partial charge in [0, 0.05) is 5.56 Å². The molecule has 1 aromatic carbocycles. The maximum Gasteiger partial charge on any atom is 0.295 e. The van der Waals surface area contributed by atoms with E-state index in [9.17, 15) is 8.42 Å². The van der Waals surface area contributed by atoms with Gasteiger partial charge in [-0.25, -0.2) is 0 Å². The Morgan fingerprint density at radius 3 is 2.59 bits per heavy atom. The molecule has 0 atom stereocenters. The van der Waals surface area contributed by atoms with Gasteiger partial charge >= 0.3 is 0 Å². The summed E-state index contributed by atoms with van der Waals surface area (Å²) in [7, 11) is -2.83. The van der Waals surface area contributed by atoms with Crippen molar-refractivity contribution in [2.24, 2.45) is 0 Å². The summed E-state index contributed by atoms with van der Waals surface area (Å²) in [5.41, 5.74) is 0.261. The smallest absolute Gasteiger partial charge is 0.295 e. The zero-order chi connectivity index (χ0) is 12.5. The Hall–Kier alpha value is -1.79. The van der Waals surface area contributed by atoms with Crippen LogP contribution in [0.1, 0.15) is 0 Å². The average molecular weight is 254 g/mol. The topological polar surface area (TPSA) is 76.7 Å². The van der Waals surface area contributed by atoms with Gasteiger partial charge in [0.05, 0.1) is 13.4 Å². The van der Waals surface area contributed by atoms with Gasteiger partial charge in [-0.05, 0) is 30.3 Å². The van der Waals surface area contributed by atoms with Crippen LogP contribution in [-0.2, 0) is 10.1 Å². The lowest BCUT2D eigenvalue weighted by molar-refractivity contribution is 0.414. The van der Waals surface area contributed by atoms with E-state index < -0.39 is 10.1 Å². The molecular weight excluding hydrogens is 244 g/mol. The molecule has 0 spiro atoms. The standard InChI is InChI=1S/C11H10O5S/c1-15-8-4-5-11(17(12,13)14)9(7-8)10-3-2-6-16-10/h2-7H,1H3,(H,12,13,14). The molecule has 0 fully saturated rings. The predicted molar refractivity (Wildman–Crippen MR) is 60.5 cm³/mol. The third-order valence-electron chi connectivity index (χ3n) is 2.25. The molecule has 17 heavy (non-hydrogen) atoms. The summed E-state index contributed by atoms with van der Waals surface area (Å²) in [4.78, 5) is -0.215. The summed E-state index contributed by atoms with van der Waals surface area (Å²) in [6.07, 6.45) is 1.42. The van der Waals surface area contributed by atoms with Gasteiger partial charge in [0.15, 0.2) is 0 Å². The summed E-state index contributed by atoms with van der Waals surface area (Å²) < 4.78 is 41.7. The Labute approximate surface area is 98.4 Å². The van der Waals surface area contributed by atoms with Gasteiger partial charge in [0.25, 0.3) is 10.1 Å². The third kappa shape index (κ3) is 2.32. The van der Waals surface area contributed by atoms with Gasteiger partial charge < -0.3 is 9.15 Å². The lowest BCUT2D eigenvalue weighted by Gasteiger charge is -2.07. The Morgan fingerprint density at radius 1 is 1.29 bits per heavy atom. The number of ether oxygens (including phenoxy) is 1. The van der Waals surface area contributed by atoms with Gasteiger partial charge in [-0.2, -0.15) is 8.42 Å². The molecule has 0 radical (unpaired) electrons. The molecule has 0 amide bonds. The van der Waals surface area contributed by atoms with E-state index in [1.54, 1.807) is 12.1 Å². The SMILES string of the molecule is COc1ccc(S(=O)(=O)O)c(-c2ccco2)c1. The number of benzene rings is 1. The Kier molecular flexibility index (Phi) is 2.91. The van der Waals surface area contributed by atoms with E-state index in [1.165, 1.54) is 31.6 Å². The van der Waals surface area contributed by atoms with Crippen LogP contribution in [0.2, 0.25) is 0 Å². The van der Waals surface area contributed by atoms with E-state index in [1.807, 2.05) is 0 Å². The van der Waals surface area contributed by atoms with Gasteiger partial charge in [0.1, 0.15) is 16.4 Å². The van der Waals surface area contributed by atoms with E-state index in [0.717, 1.165) is 0 Å². The fourth-order valence-corrected chi connectivity index (χ4v) is 2.16. The fourth-order valence-electron chi connectivity index (χ4n) is 1.49. The molecule has 1 heterocycles. The van der Waals surface area contributed by atoms with E-state index in [0.29, 0.717) is 11.5 Å². The summed E-state index contributed by atoms with van der Waals surface area (Å²) in [6.45, 7) is 0. The molecular formula is C11H10O5S. The normalized spacial score (nSPS) is 11.4. The average Bonchev–Trinajstić information content (AvgIpc) is 2.80. The van der Waals surface area contributed by atoms with Crippen LogP contribution >= 0.6 is 0 Å². The summed E-state index contributed by atoms with van der Waals surface area (Å²) in [5.74, 6) is 0.820. The molecule has 0 aliphatic rings. The zero-order valence-corrected chi connectivity index (χ0v) is 9.77. The number of rotatable bonds is 3. The molecule has 90 valence electrons. The molecule has 5 nitrogen and oxygen atoms in total. The zero-order valence-electron chi connectivity index (χ0n) is 8.95. The highest BCUT2D eigenvalue weighted by Crippen LogP contribution is 2.31. The van der Waals surface area contributed by atoms with Crippen LogP contribution < -0.4 is 4.74 Å². The van der Waals surface area contributed by atoms with Crippen molar-refractivity contribution in [3.63, 3.8) is 0 Å². The largest absolute Gasteiger partial charge is 0.497 e. The molecule has 0 bridgehead atoms. The van der Waals surface area contributed by atoms with E-state index >= 15 is 0 Å². The molecule has 0 saturated carbocycles. The molecule has 0 aliphatic carbocycles. The number of methoxy groups -OCH3 is 1. The Bertz CT molecular complexity index is 613. The van der Waals surface area contributed by atoms with E-state index in [-0.39, 0.29) is 10.5 Å². The summed E-state index contributed by atoms with van der Waals surface area (Å²) in [6, 6.07) is 7.44. The lowest BCUT2D eigenvalue weighted by Crippen LogP contribution is -2.00. The Balaban J connectivity index is 2.69. The monoisotopic (exact) mass is 254 g/mol. The molecule has 1 aromatic heterocycles. The molecule has 6 heteroatoms. The first-order valence-electron chi connectivity index (χ1n) is 4.72. The second-order valence-electron chi connectivity index (χ2n) is 3.31. The van der Waals surface area contributed by atoms with E-state index in [2.05, 4.69) is 0 Å². The van der Waals surface area contributed by atoms with Crippen molar-refractivity contribution in [2.75, 3.05) is 7.11 Å². The van der Waals surface area contributed by atoms with Crippen LogP contribution in [0.4, 0.5) is 0 Å². The van der Waals surface area contributed by atoms with Crippen LogP contribution in [0.15, 0.2) is 45.9 Å². The van der Waals surface area contributed by atoms with Crippen LogP contribution in [0, 0.1) is 0 Å². The molecule has 2 aromatic rings. The van der Waals surface area contributed by atoms with Crippen molar-refractivity contribution in [3.05, 3.63) is 36.6 Å². The van der Waals surface area contributed by atoms with Crippen molar-refractivity contribution < 1.29 is 22.1 Å². The highest BCUT2D eigenvalue weighted by molar-refractivity contribution is 7.86. The van der Waals surface area contributed by atoms with Crippen molar-refractivity contribution >= 4 is 10.1 Å². The minimum atomic E-state index is -4.30. The van der Waals surface area contributed by atoms with Crippen LogP contribution in [0.25, 0.3) is 11.3 Å². The highest BCUT2D eigenvalue weighted by Gasteiger charge is 2.18. The van der Waals surface area contributed by atoms with Crippen LogP contribution in [0.3, 0.4) is 0 Å². The van der Waals surface area contributed by atoms with E-state index in [4.69, 9.17) is 13.7 Å². The van der Waals surface area contributed by atoms with Crippen molar-refractivity contribution in [1.82, 2.24) is 0 Å². The molecule has 1 N–H and O–H groups in total. The number of hydrogen-bond acceptors (Lipinski definition) is 4. The molecule has 0 saturated heterocycles. The summed E-state index contributed by atoms with van der Waals surface area (Å²) >= 11 is 0.